The summed E-state index contributed by atoms with van der Waals surface area (Å²) in [7, 11) is -3.54. The highest BCUT2D eigenvalue weighted by molar-refractivity contribution is 7.92. The Labute approximate surface area is 226 Å². The smallest absolute Gasteiger partial charge is 0.242 e. The first kappa shape index (κ1) is 29.0. The monoisotopic (exact) mass is 547 g/mol. The Balaban J connectivity index is 1.66. The van der Waals surface area contributed by atoms with Gasteiger partial charge >= 0.3 is 0 Å². The van der Waals surface area contributed by atoms with Crippen LogP contribution < -0.4 is 9.62 Å². The number of nitrogens with one attached hydrogen (secondary N) is 1. The van der Waals surface area contributed by atoms with Gasteiger partial charge in [0.25, 0.3) is 0 Å². The molecule has 2 aromatic carbocycles. The number of amides is 2. The molecule has 1 aliphatic rings. The summed E-state index contributed by atoms with van der Waals surface area (Å²) in [5.41, 5.74) is 1.59. The van der Waals surface area contributed by atoms with E-state index in [4.69, 9.17) is 11.6 Å². The number of halogens is 1. The summed E-state index contributed by atoms with van der Waals surface area (Å²) in [6, 6.07) is 16.0. The number of benzene rings is 2. The van der Waals surface area contributed by atoms with Crippen molar-refractivity contribution >= 4 is 39.1 Å². The number of anilines is 1. The average molecular weight is 548 g/mol. The molecule has 0 saturated heterocycles. The van der Waals surface area contributed by atoms with Crippen molar-refractivity contribution in [3.63, 3.8) is 0 Å². The topological polar surface area (TPSA) is 86.8 Å². The molecule has 0 radical (unpaired) electrons. The Hall–Kier alpha value is -2.58. The largest absolute Gasteiger partial charge is 0.352 e. The predicted octanol–water partition coefficient (Wildman–Crippen LogP) is 4.79. The maximum absolute atomic E-state index is 13.4. The Bertz CT molecular complexity index is 1120. The quantitative estimate of drug-likeness (QED) is 0.414. The van der Waals surface area contributed by atoms with E-state index in [0.717, 1.165) is 37.5 Å². The first-order chi connectivity index (χ1) is 17.6. The normalized spacial score (nSPS) is 15.1. The van der Waals surface area contributed by atoms with E-state index in [1.54, 1.807) is 36.1 Å². The third kappa shape index (κ3) is 9.04. The van der Waals surface area contributed by atoms with Crippen LogP contribution in [0.2, 0.25) is 5.02 Å². The van der Waals surface area contributed by atoms with Crippen molar-refractivity contribution in [2.45, 2.75) is 70.4 Å². The van der Waals surface area contributed by atoms with Crippen LogP contribution in [0.1, 0.15) is 57.4 Å². The van der Waals surface area contributed by atoms with Crippen LogP contribution in [0.3, 0.4) is 0 Å². The number of sulfonamides is 1. The summed E-state index contributed by atoms with van der Waals surface area (Å²) in [5.74, 6) is -0.293. The molecule has 202 valence electrons. The molecule has 0 aromatic heterocycles. The lowest BCUT2D eigenvalue weighted by Crippen LogP contribution is -2.51. The fraction of sp³-hybridized carbons (Fsp3) is 0.500. The third-order valence-electron chi connectivity index (χ3n) is 6.87. The number of carbonyl (C=O) groups is 2. The van der Waals surface area contributed by atoms with Crippen LogP contribution in [0.4, 0.5) is 5.69 Å². The highest BCUT2D eigenvalue weighted by atomic mass is 35.5. The minimum Gasteiger partial charge on any atom is -0.352 e. The van der Waals surface area contributed by atoms with Gasteiger partial charge < -0.3 is 10.2 Å². The molecule has 1 aliphatic carbocycles. The van der Waals surface area contributed by atoms with E-state index in [1.807, 2.05) is 30.3 Å². The summed E-state index contributed by atoms with van der Waals surface area (Å²) in [4.78, 5) is 28.1. The lowest BCUT2D eigenvalue weighted by molar-refractivity contribution is -0.140. The Morgan fingerprint density at radius 2 is 1.65 bits per heavy atom. The number of hydrogen-bond donors (Lipinski definition) is 1. The van der Waals surface area contributed by atoms with Gasteiger partial charge in [-0.05, 0) is 62.4 Å². The van der Waals surface area contributed by atoms with Gasteiger partial charge in [-0.25, -0.2) is 8.42 Å². The molecule has 2 amide bonds. The lowest BCUT2D eigenvalue weighted by Gasteiger charge is -2.31. The molecule has 2 aromatic rings. The van der Waals surface area contributed by atoms with Crippen LogP contribution in [0.25, 0.3) is 0 Å². The zero-order valence-corrected chi connectivity index (χ0v) is 23.3. The van der Waals surface area contributed by atoms with Crippen molar-refractivity contribution in [1.29, 1.82) is 0 Å². The number of carbonyl (C=O) groups excluding carboxylic acids is 2. The van der Waals surface area contributed by atoms with Crippen molar-refractivity contribution in [2.24, 2.45) is 0 Å². The Kier molecular flexibility index (Phi) is 10.8. The molecule has 0 aliphatic heterocycles. The van der Waals surface area contributed by atoms with Gasteiger partial charge in [0, 0.05) is 30.6 Å². The first-order valence-electron chi connectivity index (χ1n) is 13.0. The molecule has 0 heterocycles. The minimum absolute atomic E-state index is 0.132. The Morgan fingerprint density at radius 3 is 2.27 bits per heavy atom. The molecule has 0 bridgehead atoms. The van der Waals surface area contributed by atoms with E-state index in [9.17, 15) is 18.0 Å². The van der Waals surface area contributed by atoms with Gasteiger partial charge in [-0.3, -0.25) is 13.9 Å². The molecular weight excluding hydrogens is 510 g/mol. The van der Waals surface area contributed by atoms with Crippen LogP contribution in [0.5, 0.6) is 0 Å². The maximum Gasteiger partial charge on any atom is 0.242 e. The van der Waals surface area contributed by atoms with Crippen molar-refractivity contribution in [3.05, 3.63) is 65.2 Å². The van der Waals surface area contributed by atoms with Gasteiger partial charge in [0.15, 0.2) is 0 Å². The first-order valence-corrected chi connectivity index (χ1v) is 15.2. The molecule has 3 rings (SSSR count). The standard InChI is InChI=1S/C28H38ClN3O4S/c1-22(28(34)30-25-12-7-4-8-13-25)31(21-19-23-10-5-3-6-11-23)27(33)14-9-20-32(37(2,35)36)26-17-15-24(29)16-18-26/h3,5-6,10-11,15-18,22,25H,4,7-9,12-14,19-21H2,1-2H3,(H,30,34). The van der Waals surface area contributed by atoms with Crippen molar-refractivity contribution in [3.8, 4) is 0 Å². The fourth-order valence-corrected chi connectivity index (χ4v) is 5.84. The predicted molar refractivity (Wildman–Crippen MR) is 149 cm³/mol. The third-order valence-corrected chi connectivity index (χ3v) is 8.32. The van der Waals surface area contributed by atoms with Crippen LogP contribution >= 0.6 is 11.6 Å². The van der Waals surface area contributed by atoms with Gasteiger partial charge in [-0.15, -0.1) is 0 Å². The van der Waals surface area contributed by atoms with Gasteiger partial charge in [-0.1, -0.05) is 61.2 Å². The van der Waals surface area contributed by atoms with E-state index in [-0.39, 0.29) is 30.8 Å². The summed E-state index contributed by atoms with van der Waals surface area (Å²) >= 11 is 5.95. The van der Waals surface area contributed by atoms with E-state index in [1.165, 1.54) is 10.7 Å². The van der Waals surface area contributed by atoms with Gasteiger partial charge in [0.05, 0.1) is 11.9 Å². The van der Waals surface area contributed by atoms with E-state index < -0.39 is 16.1 Å². The molecule has 0 spiro atoms. The molecule has 1 unspecified atom stereocenters. The number of hydrogen-bond acceptors (Lipinski definition) is 4. The van der Waals surface area contributed by atoms with E-state index in [2.05, 4.69) is 5.32 Å². The number of rotatable bonds is 12. The maximum atomic E-state index is 13.4. The average Bonchev–Trinajstić information content (AvgIpc) is 2.88. The second-order valence-electron chi connectivity index (χ2n) is 9.76. The van der Waals surface area contributed by atoms with Crippen molar-refractivity contribution in [1.82, 2.24) is 10.2 Å². The molecule has 1 saturated carbocycles. The summed E-state index contributed by atoms with van der Waals surface area (Å²) < 4.78 is 26.1. The molecule has 1 fully saturated rings. The summed E-state index contributed by atoms with van der Waals surface area (Å²) in [6.07, 6.45) is 7.61. The molecule has 37 heavy (non-hydrogen) atoms. The van der Waals surface area contributed by atoms with Gasteiger partial charge in [0.2, 0.25) is 21.8 Å². The van der Waals surface area contributed by atoms with E-state index >= 15 is 0 Å². The summed E-state index contributed by atoms with van der Waals surface area (Å²) in [6.45, 7) is 2.34. The zero-order valence-electron chi connectivity index (χ0n) is 21.7. The van der Waals surface area contributed by atoms with Gasteiger partial charge in [-0.2, -0.15) is 0 Å². The Morgan fingerprint density at radius 1 is 1.00 bits per heavy atom. The highest BCUT2D eigenvalue weighted by Crippen LogP contribution is 2.22. The van der Waals surface area contributed by atoms with Crippen LogP contribution in [-0.4, -0.2) is 56.6 Å². The van der Waals surface area contributed by atoms with Crippen molar-refractivity contribution in [2.75, 3.05) is 23.7 Å². The summed E-state index contributed by atoms with van der Waals surface area (Å²) in [5, 5.41) is 3.66. The molecule has 7 nitrogen and oxygen atoms in total. The molecule has 9 heteroatoms. The second-order valence-corrected chi connectivity index (χ2v) is 12.1. The fourth-order valence-electron chi connectivity index (χ4n) is 4.75. The van der Waals surface area contributed by atoms with Crippen molar-refractivity contribution < 1.29 is 18.0 Å². The molecule has 1 atom stereocenters. The number of nitrogens with zero attached hydrogens (tertiary/aromatic N) is 2. The molecular formula is C28H38ClN3O4S. The minimum atomic E-state index is -3.54. The van der Waals surface area contributed by atoms with Gasteiger partial charge in [0.1, 0.15) is 6.04 Å². The highest BCUT2D eigenvalue weighted by Gasteiger charge is 2.28. The second kappa shape index (κ2) is 13.8. The lowest BCUT2D eigenvalue weighted by atomic mass is 9.95. The SMILES string of the molecule is CC(C(=O)NC1CCCCC1)N(CCc1ccccc1)C(=O)CCCN(c1ccc(Cl)cc1)S(C)(=O)=O. The molecule has 1 N–H and O–H groups in total. The zero-order chi connectivity index (χ0) is 26.8. The van der Waals surface area contributed by atoms with Crippen LogP contribution in [-0.2, 0) is 26.0 Å². The van der Waals surface area contributed by atoms with Crippen LogP contribution in [0, 0.1) is 0 Å². The van der Waals surface area contributed by atoms with Crippen LogP contribution in [0.15, 0.2) is 54.6 Å². The van der Waals surface area contributed by atoms with E-state index in [0.29, 0.717) is 30.1 Å².